The van der Waals surface area contributed by atoms with Gasteiger partial charge in [0.15, 0.2) is 11.8 Å². The summed E-state index contributed by atoms with van der Waals surface area (Å²) in [6.07, 6.45) is 2.15. The quantitative estimate of drug-likeness (QED) is 0.660. The molecule has 1 aliphatic heterocycles. The Morgan fingerprint density at radius 3 is 2.59 bits per heavy atom. The number of anilines is 1. The van der Waals surface area contributed by atoms with Crippen molar-refractivity contribution in [3.8, 4) is 0 Å². The number of carboxylic acids is 1. The molecular formula is C21H19N3O5. The van der Waals surface area contributed by atoms with Crippen molar-refractivity contribution in [3.63, 3.8) is 0 Å². The average molecular weight is 393 g/mol. The topological polar surface area (TPSA) is 102 Å². The predicted octanol–water partition coefficient (Wildman–Crippen LogP) is 1.87. The molecule has 0 saturated heterocycles. The Balaban J connectivity index is 1.95. The first-order valence-electron chi connectivity index (χ1n) is 9.02. The van der Waals surface area contributed by atoms with Crippen LogP contribution in [0.2, 0.25) is 0 Å². The Labute approximate surface area is 166 Å². The molecule has 2 atom stereocenters. The number of hydrogen-bond donors (Lipinski definition) is 1. The zero-order valence-electron chi connectivity index (χ0n) is 15.9. The molecule has 0 radical (unpaired) electrons. The molecule has 29 heavy (non-hydrogen) atoms. The highest BCUT2D eigenvalue weighted by atomic mass is 16.5. The number of rotatable bonds is 5. The summed E-state index contributed by atoms with van der Waals surface area (Å²) >= 11 is 0. The lowest BCUT2D eigenvalue weighted by molar-refractivity contribution is -0.141. The molecule has 2 unspecified atom stereocenters. The molecule has 0 fully saturated rings. The SMILES string of the molecule is COC1c2c(c3cnccc3n(CC(=O)c3ccccc3)c2=O)N(C)C1C(=O)O. The van der Waals surface area contributed by atoms with E-state index in [4.69, 9.17) is 4.74 Å². The van der Waals surface area contributed by atoms with Crippen molar-refractivity contribution in [1.29, 1.82) is 0 Å². The van der Waals surface area contributed by atoms with E-state index in [1.807, 2.05) is 6.07 Å². The number of aromatic nitrogens is 2. The van der Waals surface area contributed by atoms with Crippen LogP contribution in [0.5, 0.6) is 0 Å². The van der Waals surface area contributed by atoms with E-state index >= 15 is 0 Å². The number of nitrogens with zero attached hydrogens (tertiary/aromatic N) is 3. The molecule has 0 bridgehead atoms. The zero-order chi connectivity index (χ0) is 20.7. The molecule has 0 amide bonds. The van der Waals surface area contributed by atoms with E-state index in [0.29, 0.717) is 22.2 Å². The number of carbonyl (C=O) groups excluding carboxylic acids is 1. The van der Waals surface area contributed by atoms with E-state index < -0.39 is 23.7 Å². The van der Waals surface area contributed by atoms with Crippen LogP contribution >= 0.6 is 0 Å². The van der Waals surface area contributed by atoms with Gasteiger partial charge < -0.3 is 14.7 Å². The minimum Gasteiger partial charge on any atom is -0.480 e. The number of ketones is 1. The Hall–Kier alpha value is -3.52. The number of Topliss-reactive ketones (excluding diaryl/α,β-unsaturated/α-hetero) is 1. The Kier molecular flexibility index (Phi) is 4.63. The number of benzene rings is 1. The summed E-state index contributed by atoms with van der Waals surface area (Å²) in [5.74, 6) is -1.32. The smallest absolute Gasteiger partial charge is 0.329 e. The van der Waals surface area contributed by atoms with E-state index in [-0.39, 0.29) is 17.9 Å². The lowest BCUT2D eigenvalue weighted by atomic mass is 10.1. The first-order chi connectivity index (χ1) is 14.0. The van der Waals surface area contributed by atoms with E-state index in [0.717, 1.165) is 0 Å². The summed E-state index contributed by atoms with van der Waals surface area (Å²) in [7, 11) is 2.98. The van der Waals surface area contributed by atoms with E-state index in [1.165, 1.54) is 22.8 Å². The summed E-state index contributed by atoms with van der Waals surface area (Å²) in [6.45, 7) is -0.172. The number of aliphatic carboxylic acids is 1. The maximum atomic E-state index is 13.4. The molecule has 3 aromatic rings. The third-order valence-electron chi connectivity index (χ3n) is 5.32. The van der Waals surface area contributed by atoms with Crippen LogP contribution in [0.3, 0.4) is 0 Å². The molecule has 8 heteroatoms. The fourth-order valence-electron chi connectivity index (χ4n) is 4.00. The summed E-state index contributed by atoms with van der Waals surface area (Å²) in [5, 5.41) is 10.3. The van der Waals surface area contributed by atoms with Gasteiger partial charge in [0.2, 0.25) is 0 Å². The highest BCUT2D eigenvalue weighted by Gasteiger charge is 2.45. The molecule has 0 aliphatic carbocycles. The summed E-state index contributed by atoms with van der Waals surface area (Å²) < 4.78 is 6.79. The van der Waals surface area contributed by atoms with Gasteiger partial charge >= 0.3 is 5.97 Å². The number of carbonyl (C=O) groups is 2. The standard InChI is InChI=1S/C21H19N3O5/c1-23-17-13-10-22-9-8-14(13)24(11-15(25)12-6-4-3-5-7-12)20(26)16(17)19(29-2)18(23)21(27)28/h3-10,18-19H,11H2,1-2H3,(H,27,28). The van der Waals surface area contributed by atoms with Crippen LogP contribution in [-0.4, -0.2) is 46.6 Å². The van der Waals surface area contributed by atoms with Crippen molar-refractivity contribution in [2.24, 2.45) is 0 Å². The molecule has 1 N–H and O–H groups in total. The van der Waals surface area contributed by atoms with Crippen LogP contribution in [0.25, 0.3) is 10.9 Å². The van der Waals surface area contributed by atoms with Gasteiger partial charge in [0, 0.05) is 37.5 Å². The third kappa shape index (κ3) is 2.89. The number of methoxy groups -OCH3 is 1. The normalized spacial score (nSPS) is 18.1. The number of hydrogen-bond acceptors (Lipinski definition) is 6. The molecule has 1 aliphatic rings. The lowest BCUT2D eigenvalue weighted by Crippen LogP contribution is -2.39. The van der Waals surface area contributed by atoms with Gasteiger partial charge in [-0.05, 0) is 6.07 Å². The summed E-state index contributed by atoms with van der Waals surface area (Å²) in [6, 6.07) is 9.31. The number of fused-ring (bicyclic) bond motifs is 3. The van der Waals surface area contributed by atoms with E-state index in [9.17, 15) is 19.5 Å². The second kappa shape index (κ2) is 7.14. The minimum atomic E-state index is -1.10. The van der Waals surface area contributed by atoms with Gasteiger partial charge in [0.1, 0.15) is 6.10 Å². The van der Waals surface area contributed by atoms with Gasteiger partial charge in [-0.3, -0.25) is 19.1 Å². The molecule has 8 nitrogen and oxygen atoms in total. The first-order valence-corrected chi connectivity index (χ1v) is 9.02. The number of ether oxygens (including phenoxy) is 1. The average Bonchev–Trinajstić information content (AvgIpc) is 3.04. The first kappa shape index (κ1) is 18.8. The van der Waals surface area contributed by atoms with Crippen molar-refractivity contribution in [1.82, 2.24) is 9.55 Å². The molecule has 2 aromatic heterocycles. The van der Waals surface area contributed by atoms with Gasteiger partial charge in [0.25, 0.3) is 5.56 Å². The van der Waals surface area contributed by atoms with Crippen LogP contribution < -0.4 is 10.5 Å². The van der Waals surface area contributed by atoms with Crippen molar-refractivity contribution in [3.05, 3.63) is 70.3 Å². The van der Waals surface area contributed by atoms with Crippen molar-refractivity contribution >= 4 is 28.3 Å². The molecule has 4 rings (SSSR count). The van der Waals surface area contributed by atoms with Gasteiger partial charge in [0.05, 0.1) is 23.3 Å². The van der Waals surface area contributed by atoms with E-state index in [1.54, 1.807) is 43.6 Å². The molecule has 148 valence electrons. The van der Waals surface area contributed by atoms with Crippen LogP contribution in [0.4, 0.5) is 5.69 Å². The molecule has 0 saturated carbocycles. The fourth-order valence-corrected chi connectivity index (χ4v) is 4.00. The van der Waals surface area contributed by atoms with Gasteiger partial charge in [-0.1, -0.05) is 30.3 Å². The van der Waals surface area contributed by atoms with Crippen LogP contribution in [-0.2, 0) is 16.1 Å². The summed E-state index contributed by atoms with van der Waals surface area (Å²) in [4.78, 5) is 43.7. The van der Waals surface area contributed by atoms with Crippen LogP contribution in [0, 0.1) is 0 Å². The Morgan fingerprint density at radius 2 is 1.93 bits per heavy atom. The number of likely N-dealkylation sites (N-methyl/N-ethyl adjacent to an activating group) is 1. The maximum absolute atomic E-state index is 13.4. The predicted molar refractivity (Wildman–Crippen MR) is 106 cm³/mol. The fraction of sp³-hybridized carbons (Fsp3) is 0.238. The second-order valence-corrected chi connectivity index (χ2v) is 6.89. The molecule has 0 spiro atoms. The zero-order valence-corrected chi connectivity index (χ0v) is 15.9. The van der Waals surface area contributed by atoms with Gasteiger partial charge in [-0.25, -0.2) is 4.79 Å². The monoisotopic (exact) mass is 393 g/mol. The molecular weight excluding hydrogens is 374 g/mol. The molecule has 1 aromatic carbocycles. The third-order valence-corrected chi connectivity index (χ3v) is 5.32. The van der Waals surface area contributed by atoms with Gasteiger partial charge in [-0.2, -0.15) is 0 Å². The lowest BCUT2D eigenvalue weighted by Gasteiger charge is -2.22. The minimum absolute atomic E-state index is 0.172. The second-order valence-electron chi connectivity index (χ2n) is 6.89. The number of pyridine rings is 2. The Bertz CT molecular complexity index is 1170. The highest BCUT2D eigenvalue weighted by Crippen LogP contribution is 2.42. The van der Waals surface area contributed by atoms with Crippen LogP contribution in [0.15, 0.2) is 53.6 Å². The van der Waals surface area contributed by atoms with Crippen molar-refractivity contribution in [2.45, 2.75) is 18.7 Å². The highest BCUT2D eigenvalue weighted by molar-refractivity contribution is 6.00. The Morgan fingerprint density at radius 1 is 1.21 bits per heavy atom. The van der Waals surface area contributed by atoms with Crippen molar-refractivity contribution < 1.29 is 19.4 Å². The van der Waals surface area contributed by atoms with E-state index in [2.05, 4.69) is 4.98 Å². The number of carboxylic acid groups (broad SMARTS) is 1. The van der Waals surface area contributed by atoms with Crippen LogP contribution in [0.1, 0.15) is 22.0 Å². The summed E-state index contributed by atoms with van der Waals surface area (Å²) in [5.41, 5.74) is 1.27. The molecule has 3 heterocycles. The largest absolute Gasteiger partial charge is 0.480 e. The van der Waals surface area contributed by atoms with Gasteiger partial charge in [-0.15, -0.1) is 0 Å². The maximum Gasteiger partial charge on any atom is 0.329 e. The van der Waals surface area contributed by atoms with Crippen molar-refractivity contribution in [2.75, 3.05) is 19.1 Å².